The first-order chi connectivity index (χ1) is 11.6. The predicted molar refractivity (Wildman–Crippen MR) is 97.1 cm³/mol. The summed E-state index contributed by atoms with van der Waals surface area (Å²) in [6, 6.07) is 11.0. The predicted octanol–water partition coefficient (Wildman–Crippen LogP) is 4.37. The van der Waals surface area contributed by atoms with Crippen LogP contribution in [0.25, 0.3) is 16.8 Å². The number of nitrogens with zero attached hydrogens (tertiary/aromatic N) is 2. The summed E-state index contributed by atoms with van der Waals surface area (Å²) in [6.07, 6.45) is 4.41. The van der Waals surface area contributed by atoms with Crippen LogP contribution < -0.4 is 10.3 Å². The number of ether oxygens (including phenoxy) is 1. The molecule has 0 saturated carbocycles. The van der Waals surface area contributed by atoms with Gasteiger partial charge in [0.15, 0.2) is 0 Å². The summed E-state index contributed by atoms with van der Waals surface area (Å²) in [4.78, 5) is 17.8. The minimum Gasteiger partial charge on any atom is -0.497 e. The van der Waals surface area contributed by atoms with Crippen LogP contribution >= 0.6 is 11.6 Å². The molecule has 24 heavy (non-hydrogen) atoms. The molecule has 0 aliphatic carbocycles. The lowest BCUT2D eigenvalue weighted by atomic mass is 10.0. The van der Waals surface area contributed by atoms with E-state index in [2.05, 4.69) is 6.92 Å². The van der Waals surface area contributed by atoms with Gasteiger partial charge < -0.3 is 4.74 Å². The monoisotopic (exact) mass is 342 g/mol. The van der Waals surface area contributed by atoms with Crippen molar-refractivity contribution in [3.05, 3.63) is 63.7 Å². The fourth-order valence-electron chi connectivity index (χ4n) is 2.73. The highest BCUT2D eigenvalue weighted by Gasteiger charge is 2.15. The van der Waals surface area contributed by atoms with E-state index in [1.807, 2.05) is 24.3 Å². The molecule has 0 radical (unpaired) electrons. The van der Waals surface area contributed by atoms with Crippen molar-refractivity contribution in [2.45, 2.75) is 26.2 Å². The molecule has 3 rings (SSSR count). The van der Waals surface area contributed by atoms with E-state index >= 15 is 0 Å². The fourth-order valence-corrected chi connectivity index (χ4v) is 2.89. The van der Waals surface area contributed by atoms with E-state index in [1.165, 1.54) is 4.40 Å². The summed E-state index contributed by atoms with van der Waals surface area (Å²) in [5, 5.41) is 0.508. The molecule has 0 atom stereocenters. The van der Waals surface area contributed by atoms with E-state index in [0.717, 1.165) is 36.3 Å². The molecule has 2 heterocycles. The van der Waals surface area contributed by atoms with Crippen LogP contribution in [-0.4, -0.2) is 16.5 Å². The van der Waals surface area contributed by atoms with Crippen molar-refractivity contribution in [1.82, 2.24) is 9.38 Å². The molecule has 1 aromatic carbocycles. The maximum absolute atomic E-state index is 13.1. The van der Waals surface area contributed by atoms with E-state index < -0.39 is 0 Å². The van der Waals surface area contributed by atoms with Crippen molar-refractivity contribution in [2.75, 3.05) is 7.11 Å². The van der Waals surface area contributed by atoms with Crippen molar-refractivity contribution in [2.24, 2.45) is 0 Å². The van der Waals surface area contributed by atoms with Crippen LogP contribution in [0.5, 0.6) is 5.75 Å². The van der Waals surface area contributed by atoms with Gasteiger partial charge in [0, 0.05) is 6.20 Å². The molecule has 0 aliphatic heterocycles. The second kappa shape index (κ2) is 7.05. The Morgan fingerprint density at radius 1 is 1.17 bits per heavy atom. The average Bonchev–Trinajstić information content (AvgIpc) is 2.61. The maximum Gasteiger partial charge on any atom is 0.266 e. The summed E-state index contributed by atoms with van der Waals surface area (Å²) < 4.78 is 6.71. The molecule has 0 fully saturated rings. The van der Waals surface area contributed by atoms with E-state index in [9.17, 15) is 4.79 Å². The highest BCUT2D eigenvalue weighted by molar-refractivity contribution is 6.30. The second-order valence-corrected chi connectivity index (χ2v) is 6.08. The summed E-state index contributed by atoms with van der Waals surface area (Å²) >= 11 is 6.05. The van der Waals surface area contributed by atoms with Crippen molar-refractivity contribution in [1.29, 1.82) is 0 Å². The summed E-state index contributed by atoms with van der Waals surface area (Å²) in [5.74, 6) is 0.755. The molecule has 0 unspecified atom stereocenters. The molecule has 2 aromatic heterocycles. The number of methoxy groups -OCH3 is 1. The number of fused-ring (bicyclic) bond motifs is 1. The molecule has 3 aromatic rings. The average molecular weight is 343 g/mol. The highest BCUT2D eigenvalue weighted by atomic mass is 35.5. The molecular formula is C19H19ClN2O2. The Bertz CT molecular complexity index is 917. The summed E-state index contributed by atoms with van der Waals surface area (Å²) in [6.45, 7) is 2.13. The van der Waals surface area contributed by atoms with Gasteiger partial charge in [0.1, 0.15) is 11.4 Å². The number of benzene rings is 1. The number of hydrogen-bond acceptors (Lipinski definition) is 3. The molecule has 124 valence electrons. The Balaban J connectivity index is 2.25. The highest BCUT2D eigenvalue weighted by Crippen LogP contribution is 2.24. The van der Waals surface area contributed by atoms with Gasteiger partial charge in [-0.3, -0.25) is 9.20 Å². The largest absolute Gasteiger partial charge is 0.497 e. The van der Waals surface area contributed by atoms with Crippen LogP contribution in [0.4, 0.5) is 0 Å². The number of aryl methyl sites for hydroxylation is 1. The standard InChI is InChI=1S/C19H19ClN2O2/c1-3-4-5-16-18(13-6-9-15(24-2)10-7-13)19(23)22-12-14(20)8-11-17(22)21-16/h6-12H,3-5H2,1-2H3. The third-order valence-electron chi connectivity index (χ3n) is 4.01. The van der Waals surface area contributed by atoms with Crippen LogP contribution in [0.1, 0.15) is 25.5 Å². The molecular weight excluding hydrogens is 324 g/mol. The van der Waals surface area contributed by atoms with E-state index in [1.54, 1.807) is 25.4 Å². The first-order valence-electron chi connectivity index (χ1n) is 7.99. The second-order valence-electron chi connectivity index (χ2n) is 5.65. The van der Waals surface area contributed by atoms with Gasteiger partial charge in [-0.05, 0) is 42.7 Å². The van der Waals surface area contributed by atoms with Crippen molar-refractivity contribution in [3.8, 4) is 16.9 Å². The number of hydrogen-bond donors (Lipinski definition) is 0. The minimum absolute atomic E-state index is 0.0984. The molecule has 0 N–H and O–H groups in total. The smallest absolute Gasteiger partial charge is 0.266 e. The van der Waals surface area contributed by atoms with E-state index in [-0.39, 0.29) is 5.56 Å². The normalized spacial score (nSPS) is 11.0. The van der Waals surface area contributed by atoms with Crippen molar-refractivity contribution < 1.29 is 4.74 Å². The van der Waals surface area contributed by atoms with E-state index in [4.69, 9.17) is 21.3 Å². The number of unbranched alkanes of at least 4 members (excludes halogenated alkanes) is 1. The number of halogens is 1. The lowest BCUT2D eigenvalue weighted by Gasteiger charge is -2.11. The van der Waals surface area contributed by atoms with Gasteiger partial charge in [-0.15, -0.1) is 0 Å². The van der Waals surface area contributed by atoms with Crippen LogP contribution in [0, 0.1) is 0 Å². The summed E-state index contributed by atoms with van der Waals surface area (Å²) in [7, 11) is 1.62. The quantitative estimate of drug-likeness (QED) is 0.691. The van der Waals surface area contributed by atoms with Gasteiger partial charge in [0.2, 0.25) is 0 Å². The Hall–Kier alpha value is -2.33. The lowest BCUT2D eigenvalue weighted by Crippen LogP contribution is -2.20. The van der Waals surface area contributed by atoms with E-state index in [0.29, 0.717) is 16.2 Å². The number of pyridine rings is 1. The first kappa shape index (κ1) is 16.5. The van der Waals surface area contributed by atoms with Gasteiger partial charge in [-0.1, -0.05) is 37.1 Å². The van der Waals surface area contributed by atoms with Gasteiger partial charge in [-0.2, -0.15) is 0 Å². The number of rotatable bonds is 5. The fraction of sp³-hybridized carbons (Fsp3) is 0.263. The number of aromatic nitrogens is 2. The summed E-state index contributed by atoms with van der Waals surface area (Å²) in [5.41, 5.74) is 2.82. The van der Waals surface area contributed by atoms with Crippen molar-refractivity contribution in [3.63, 3.8) is 0 Å². The molecule has 0 aliphatic rings. The van der Waals surface area contributed by atoms with Crippen LogP contribution in [0.2, 0.25) is 5.02 Å². The maximum atomic E-state index is 13.1. The first-order valence-corrected chi connectivity index (χ1v) is 8.37. The molecule has 0 amide bonds. The van der Waals surface area contributed by atoms with Gasteiger partial charge in [-0.25, -0.2) is 4.98 Å². The Morgan fingerprint density at radius 2 is 1.92 bits per heavy atom. The van der Waals surface area contributed by atoms with Gasteiger partial charge in [0.25, 0.3) is 5.56 Å². The van der Waals surface area contributed by atoms with Gasteiger partial charge >= 0.3 is 0 Å². The molecule has 0 bridgehead atoms. The van der Waals surface area contributed by atoms with Crippen molar-refractivity contribution >= 4 is 17.2 Å². The zero-order valence-corrected chi connectivity index (χ0v) is 14.5. The third-order valence-corrected chi connectivity index (χ3v) is 4.23. The zero-order valence-electron chi connectivity index (χ0n) is 13.8. The Labute approximate surface area is 145 Å². The SMILES string of the molecule is CCCCc1nc2ccc(Cl)cn2c(=O)c1-c1ccc(OC)cc1. The molecule has 4 nitrogen and oxygen atoms in total. The lowest BCUT2D eigenvalue weighted by molar-refractivity contribution is 0.415. The zero-order chi connectivity index (χ0) is 17.1. The molecule has 0 spiro atoms. The Kier molecular flexibility index (Phi) is 4.86. The molecule has 0 saturated heterocycles. The topological polar surface area (TPSA) is 43.6 Å². The minimum atomic E-state index is -0.0984. The van der Waals surface area contributed by atoms with Crippen LogP contribution in [-0.2, 0) is 6.42 Å². The third kappa shape index (κ3) is 3.15. The van der Waals surface area contributed by atoms with Crippen LogP contribution in [0.3, 0.4) is 0 Å². The Morgan fingerprint density at radius 3 is 2.58 bits per heavy atom. The molecule has 5 heteroatoms. The van der Waals surface area contributed by atoms with Gasteiger partial charge in [0.05, 0.1) is 23.4 Å². The van der Waals surface area contributed by atoms with Crippen LogP contribution in [0.15, 0.2) is 47.4 Å².